The van der Waals surface area contributed by atoms with Crippen LogP contribution in [0.4, 0.5) is 0 Å². The van der Waals surface area contributed by atoms with Gasteiger partial charge in [0.2, 0.25) is 10.0 Å². The standard InChI is InChI=1S/C9H12N2O5S/c1-16-7-4-8(6-10-5-7)17(14,15)11-3-2-9(12)13/h4-6,11H,2-3H2,1H3,(H,12,13). The van der Waals surface area contributed by atoms with E-state index in [1.165, 1.54) is 19.4 Å². The maximum absolute atomic E-state index is 11.7. The largest absolute Gasteiger partial charge is 0.495 e. The summed E-state index contributed by atoms with van der Waals surface area (Å²) in [5, 5.41) is 8.40. The Labute approximate surface area is 98.5 Å². The van der Waals surface area contributed by atoms with E-state index in [1.54, 1.807) is 0 Å². The third-order valence-corrected chi connectivity index (χ3v) is 3.29. The van der Waals surface area contributed by atoms with Gasteiger partial charge in [0.1, 0.15) is 10.6 Å². The number of nitrogens with zero attached hydrogens (tertiary/aromatic N) is 1. The number of sulfonamides is 1. The molecule has 0 aromatic carbocycles. The van der Waals surface area contributed by atoms with Gasteiger partial charge < -0.3 is 9.84 Å². The number of nitrogens with one attached hydrogen (secondary N) is 1. The van der Waals surface area contributed by atoms with Gasteiger partial charge in [0.15, 0.2) is 0 Å². The van der Waals surface area contributed by atoms with E-state index < -0.39 is 16.0 Å². The number of aromatic nitrogens is 1. The van der Waals surface area contributed by atoms with Crippen molar-refractivity contribution in [3.63, 3.8) is 0 Å². The number of carboxylic acids is 1. The Hall–Kier alpha value is -1.67. The SMILES string of the molecule is COc1cncc(S(=O)(=O)NCCC(=O)O)c1. The Morgan fingerprint density at radius 2 is 2.24 bits per heavy atom. The van der Waals surface area contributed by atoms with Crippen molar-refractivity contribution in [3.05, 3.63) is 18.5 Å². The number of aliphatic carboxylic acids is 1. The second kappa shape index (κ2) is 5.60. The van der Waals surface area contributed by atoms with Crippen LogP contribution in [-0.4, -0.2) is 38.1 Å². The van der Waals surface area contributed by atoms with Crippen LogP contribution in [0.2, 0.25) is 0 Å². The summed E-state index contributed by atoms with van der Waals surface area (Å²) < 4.78 is 30.4. The average molecular weight is 260 g/mol. The summed E-state index contributed by atoms with van der Waals surface area (Å²) in [6.45, 7) is -0.172. The zero-order valence-electron chi connectivity index (χ0n) is 9.08. The monoisotopic (exact) mass is 260 g/mol. The smallest absolute Gasteiger partial charge is 0.304 e. The summed E-state index contributed by atoms with van der Waals surface area (Å²) in [7, 11) is -2.35. The molecule has 0 amide bonds. The number of carbonyl (C=O) groups is 1. The lowest BCUT2D eigenvalue weighted by Gasteiger charge is -2.06. The van der Waals surface area contributed by atoms with E-state index in [-0.39, 0.29) is 17.9 Å². The molecule has 0 aliphatic rings. The summed E-state index contributed by atoms with van der Waals surface area (Å²) >= 11 is 0. The second-order valence-electron chi connectivity index (χ2n) is 3.10. The molecule has 1 heterocycles. The third-order valence-electron chi connectivity index (χ3n) is 1.87. The Balaban J connectivity index is 2.78. The molecule has 1 aromatic rings. The summed E-state index contributed by atoms with van der Waals surface area (Å²) in [4.78, 5) is 13.9. The van der Waals surface area contributed by atoms with Gasteiger partial charge in [0.05, 0.1) is 19.7 Å². The van der Waals surface area contributed by atoms with Crippen molar-refractivity contribution in [1.82, 2.24) is 9.71 Å². The molecule has 94 valence electrons. The molecule has 0 spiro atoms. The maximum atomic E-state index is 11.7. The van der Waals surface area contributed by atoms with Crippen molar-refractivity contribution in [3.8, 4) is 5.75 Å². The van der Waals surface area contributed by atoms with Crippen LogP contribution in [-0.2, 0) is 14.8 Å². The number of ether oxygens (including phenoxy) is 1. The Morgan fingerprint density at radius 1 is 1.53 bits per heavy atom. The second-order valence-corrected chi connectivity index (χ2v) is 4.87. The van der Waals surface area contributed by atoms with Gasteiger partial charge >= 0.3 is 5.97 Å². The fourth-order valence-electron chi connectivity index (χ4n) is 1.03. The molecule has 1 rings (SSSR count). The highest BCUT2D eigenvalue weighted by Crippen LogP contribution is 2.14. The highest BCUT2D eigenvalue weighted by molar-refractivity contribution is 7.89. The topological polar surface area (TPSA) is 106 Å². The minimum atomic E-state index is -3.74. The Morgan fingerprint density at radius 3 is 2.82 bits per heavy atom. The average Bonchev–Trinajstić information content (AvgIpc) is 2.28. The minimum absolute atomic E-state index is 0.0674. The lowest BCUT2D eigenvalue weighted by molar-refractivity contribution is -0.136. The molecular formula is C9H12N2O5S. The lowest BCUT2D eigenvalue weighted by atomic mass is 10.5. The van der Waals surface area contributed by atoms with Crippen LogP contribution in [0.25, 0.3) is 0 Å². The van der Waals surface area contributed by atoms with Crippen molar-refractivity contribution < 1.29 is 23.1 Å². The molecule has 0 atom stereocenters. The van der Waals surface area contributed by atoms with Crippen LogP contribution in [0.3, 0.4) is 0 Å². The van der Waals surface area contributed by atoms with E-state index in [0.717, 1.165) is 6.20 Å². The number of hydrogen-bond donors (Lipinski definition) is 2. The molecule has 0 bridgehead atoms. The quantitative estimate of drug-likeness (QED) is 0.736. The molecule has 0 aliphatic heterocycles. The first-order chi connectivity index (χ1) is 7.95. The number of carboxylic acid groups (broad SMARTS) is 1. The van der Waals surface area contributed by atoms with Gasteiger partial charge in [-0.3, -0.25) is 9.78 Å². The molecular weight excluding hydrogens is 248 g/mol. The molecule has 0 radical (unpaired) electrons. The van der Waals surface area contributed by atoms with E-state index in [0.29, 0.717) is 5.75 Å². The first-order valence-corrected chi connectivity index (χ1v) is 6.14. The van der Waals surface area contributed by atoms with Crippen molar-refractivity contribution in [1.29, 1.82) is 0 Å². The van der Waals surface area contributed by atoms with Crippen LogP contribution >= 0.6 is 0 Å². The van der Waals surface area contributed by atoms with Crippen molar-refractivity contribution in [2.45, 2.75) is 11.3 Å². The van der Waals surface area contributed by atoms with Crippen LogP contribution in [0.1, 0.15) is 6.42 Å². The van der Waals surface area contributed by atoms with Crippen LogP contribution in [0, 0.1) is 0 Å². The molecule has 7 nitrogen and oxygen atoms in total. The van der Waals surface area contributed by atoms with Crippen LogP contribution in [0.5, 0.6) is 5.75 Å². The van der Waals surface area contributed by atoms with Gasteiger partial charge in [-0.1, -0.05) is 0 Å². The van der Waals surface area contributed by atoms with E-state index in [1.807, 2.05) is 0 Å². The molecule has 0 aliphatic carbocycles. The number of hydrogen-bond acceptors (Lipinski definition) is 5. The summed E-state index contributed by atoms with van der Waals surface area (Å²) in [5.41, 5.74) is 0. The van der Waals surface area contributed by atoms with Crippen molar-refractivity contribution in [2.75, 3.05) is 13.7 Å². The van der Waals surface area contributed by atoms with Gasteiger partial charge in [-0.05, 0) is 0 Å². The van der Waals surface area contributed by atoms with Gasteiger partial charge in [0.25, 0.3) is 0 Å². The van der Waals surface area contributed by atoms with Gasteiger partial charge in [-0.15, -0.1) is 0 Å². The van der Waals surface area contributed by atoms with E-state index >= 15 is 0 Å². The molecule has 1 aromatic heterocycles. The lowest BCUT2D eigenvalue weighted by Crippen LogP contribution is -2.26. The molecule has 17 heavy (non-hydrogen) atoms. The first kappa shape index (κ1) is 13.4. The van der Waals surface area contributed by atoms with E-state index in [2.05, 4.69) is 9.71 Å². The highest BCUT2D eigenvalue weighted by atomic mass is 32.2. The van der Waals surface area contributed by atoms with E-state index in [4.69, 9.17) is 9.84 Å². The zero-order valence-corrected chi connectivity index (χ0v) is 9.90. The predicted octanol–water partition coefficient (Wildman–Crippen LogP) is -0.157. The van der Waals surface area contributed by atoms with Crippen LogP contribution < -0.4 is 9.46 Å². The Bertz CT molecular complexity index is 500. The molecule has 0 saturated carbocycles. The fourth-order valence-corrected chi connectivity index (χ4v) is 2.04. The summed E-state index contributed by atoms with van der Waals surface area (Å²) in [6.07, 6.45) is 2.25. The number of methoxy groups -OCH3 is 1. The molecule has 0 saturated heterocycles. The number of rotatable bonds is 6. The minimum Gasteiger partial charge on any atom is -0.495 e. The van der Waals surface area contributed by atoms with Gasteiger partial charge in [-0.2, -0.15) is 0 Å². The predicted molar refractivity (Wildman–Crippen MR) is 58.2 cm³/mol. The zero-order chi connectivity index (χ0) is 12.9. The fraction of sp³-hybridized carbons (Fsp3) is 0.333. The van der Waals surface area contributed by atoms with Gasteiger partial charge in [0, 0.05) is 18.8 Å². The normalized spacial score (nSPS) is 11.1. The molecule has 0 unspecified atom stereocenters. The first-order valence-electron chi connectivity index (χ1n) is 4.66. The van der Waals surface area contributed by atoms with Crippen molar-refractivity contribution in [2.24, 2.45) is 0 Å². The third kappa shape index (κ3) is 4.00. The molecule has 0 fully saturated rings. The van der Waals surface area contributed by atoms with E-state index in [9.17, 15) is 13.2 Å². The van der Waals surface area contributed by atoms with Gasteiger partial charge in [-0.25, -0.2) is 13.1 Å². The molecule has 8 heteroatoms. The molecule has 2 N–H and O–H groups in total. The Kier molecular flexibility index (Phi) is 4.41. The number of pyridine rings is 1. The van der Waals surface area contributed by atoms with Crippen molar-refractivity contribution >= 4 is 16.0 Å². The summed E-state index contributed by atoms with van der Waals surface area (Å²) in [5.74, 6) is -0.762. The van der Waals surface area contributed by atoms with Crippen LogP contribution in [0.15, 0.2) is 23.4 Å². The summed E-state index contributed by atoms with van der Waals surface area (Å²) in [6, 6.07) is 1.30. The maximum Gasteiger partial charge on any atom is 0.304 e. The highest BCUT2D eigenvalue weighted by Gasteiger charge is 2.15.